The van der Waals surface area contributed by atoms with Gasteiger partial charge in [0.1, 0.15) is 23.9 Å². The van der Waals surface area contributed by atoms with Gasteiger partial charge in [0.15, 0.2) is 0 Å². The Morgan fingerprint density at radius 2 is 1.71 bits per heavy atom. The second-order valence-electron chi connectivity index (χ2n) is 9.51. The summed E-state index contributed by atoms with van der Waals surface area (Å²) >= 11 is 0. The highest BCUT2D eigenvalue weighted by Crippen LogP contribution is 2.32. The maximum absolute atomic E-state index is 13.6. The van der Waals surface area contributed by atoms with E-state index in [0.29, 0.717) is 51.9 Å². The summed E-state index contributed by atoms with van der Waals surface area (Å²) in [4.78, 5) is 32.9. The van der Waals surface area contributed by atoms with Crippen LogP contribution in [-0.2, 0) is 13.2 Å². The lowest BCUT2D eigenvalue weighted by molar-refractivity contribution is 0.0991. The fourth-order valence-electron chi connectivity index (χ4n) is 4.59. The molecule has 0 aliphatic rings. The van der Waals surface area contributed by atoms with E-state index in [0.717, 1.165) is 11.1 Å². The summed E-state index contributed by atoms with van der Waals surface area (Å²) in [6.45, 7) is 2.44. The number of amides is 2. The number of carbonyl (C=O) groups excluding carboxylic acids is 2. The Bertz CT molecular complexity index is 1710. The van der Waals surface area contributed by atoms with Crippen molar-refractivity contribution in [3.05, 3.63) is 114 Å². The minimum atomic E-state index is -0.437. The Labute approximate surface area is 238 Å². The molecule has 0 fully saturated rings. The number of hydrogen-bond donors (Lipinski definition) is 2. The molecule has 0 spiro atoms. The average molecular weight is 550 g/mol. The van der Waals surface area contributed by atoms with E-state index in [9.17, 15) is 9.59 Å². The van der Waals surface area contributed by atoms with E-state index in [2.05, 4.69) is 10.3 Å². The van der Waals surface area contributed by atoms with Gasteiger partial charge in [0, 0.05) is 12.6 Å². The van der Waals surface area contributed by atoms with Crippen LogP contribution >= 0.6 is 0 Å². The number of nitrogens with zero attached hydrogens (tertiary/aromatic N) is 3. The van der Waals surface area contributed by atoms with Crippen molar-refractivity contribution in [1.82, 2.24) is 9.55 Å². The van der Waals surface area contributed by atoms with Crippen molar-refractivity contribution in [2.24, 2.45) is 5.73 Å². The summed E-state index contributed by atoms with van der Waals surface area (Å²) in [5.74, 6) is 1.10. The molecule has 208 valence electrons. The molecule has 0 saturated heterocycles. The van der Waals surface area contributed by atoms with Crippen LogP contribution < -0.4 is 25.4 Å². The number of carbonyl (C=O) groups is 2. The molecule has 0 aliphatic carbocycles. The molecule has 4 aromatic carbocycles. The molecule has 1 aromatic heterocycles. The molecule has 5 aromatic rings. The molecule has 0 bridgehead atoms. The minimum absolute atomic E-state index is 0.0923. The lowest BCUT2D eigenvalue weighted by Gasteiger charge is -2.22. The molecule has 1 heterocycles. The molecule has 9 heteroatoms. The predicted octanol–water partition coefficient (Wildman–Crippen LogP) is 5.75. The number of para-hydroxylation sites is 2. The Morgan fingerprint density at radius 3 is 2.46 bits per heavy atom. The van der Waals surface area contributed by atoms with Crippen molar-refractivity contribution in [2.45, 2.75) is 20.1 Å². The smallest absolute Gasteiger partial charge is 0.332 e. The van der Waals surface area contributed by atoms with Crippen LogP contribution in [0.1, 0.15) is 27.3 Å². The monoisotopic (exact) mass is 549 g/mol. The van der Waals surface area contributed by atoms with Crippen molar-refractivity contribution >= 4 is 34.3 Å². The zero-order valence-electron chi connectivity index (χ0n) is 23.1. The lowest BCUT2D eigenvalue weighted by Crippen LogP contribution is -2.27. The predicted molar refractivity (Wildman–Crippen MR) is 160 cm³/mol. The number of ether oxygens (including phenoxy) is 2. The number of aryl methyl sites for hydroxylation is 1. The van der Waals surface area contributed by atoms with Crippen LogP contribution in [0.2, 0.25) is 0 Å². The van der Waals surface area contributed by atoms with E-state index in [-0.39, 0.29) is 12.5 Å². The van der Waals surface area contributed by atoms with Gasteiger partial charge in [-0.25, -0.2) is 14.3 Å². The van der Waals surface area contributed by atoms with E-state index >= 15 is 0 Å². The summed E-state index contributed by atoms with van der Waals surface area (Å²) in [6, 6.07) is 27.3. The first-order chi connectivity index (χ1) is 19.9. The molecule has 41 heavy (non-hydrogen) atoms. The van der Waals surface area contributed by atoms with Gasteiger partial charge in [-0.3, -0.25) is 4.79 Å². The summed E-state index contributed by atoms with van der Waals surface area (Å²) in [6.07, 6.45) is 0. The molecule has 0 saturated carbocycles. The largest absolute Gasteiger partial charge is 0.495 e. The highest BCUT2D eigenvalue weighted by atomic mass is 16.5. The standard InChI is InChI=1S/C32H31N5O4/c1-21-13-16-27(29(17-21)41-20-22-9-5-4-6-10-22)36(2)31(38)23-14-15-25(28(18-23)40-3)35-32(39)37-26-12-8-7-11-24(26)34-30(37)19-33/h4-18H,19-20,33H2,1-3H3,(H,35,39). The number of nitrogens with one attached hydrogen (secondary N) is 1. The van der Waals surface area contributed by atoms with E-state index in [1.807, 2.05) is 73.7 Å². The maximum atomic E-state index is 13.6. The van der Waals surface area contributed by atoms with Crippen molar-refractivity contribution in [3.8, 4) is 11.5 Å². The fourth-order valence-corrected chi connectivity index (χ4v) is 4.59. The molecule has 5 rings (SSSR count). The van der Waals surface area contributed by atoms with Gasteiger partial charge in [0.05, 0.1) is 36.1 Å². The van der Waals surface area contributed by atoms with E-state index in [1.54, 1.807) is 31.3 Å². The van der Waals surface area contributed by atoms with Crippen LogP contribution in [0, 0.1) is 6.92 Å². The van der Waals surface area contributed by atoms with Gasteiger partial charge >= 0.3 is 6.03 Å². The van der Waals surface area contributed by atoms with Crippen molar-refractivity contribution in [2.75, 3.05) is 24.4 Å². The first kappa shape index (κ1) is 27.4. The Balaban J connectivity index is 1.38. The van der Waals surface area contributed by atoms with Gasteiger partial charge in [-0.05, 0) is 60.5 Å². The third-order valence-corrected chi connectivity index (χ3v) is 6.72. The second kappa shape index (κ2) is 11.9. The number of rotatable bonds is 8. The quantitative estimate of drug-likeness (QED) is 0.255. The molecular weight excluding hydrogens is 518 g/mol. The number of benzene rings is 4. The molecule has 3 N–H and O–H groups in total. The minimum Gasteiger partial charge on any atom is -0.495 e. The first-order valence-electron chi connectivity index (χ1n) is 13.1. The zero-order valence-corrected chi connectivity index (χ0v) is 23.1. The number of imidazole rings is 1. The van der Waals surface area contributed by atoms with Gasteiger partial charge in [-0.15, -0.1) is 0 Å². The highest BCUT2D eigenvalue weighted by Gasteiger charge is 2.21. The highest BCUT2D eigenvalue weighted by molar-refractivity contribution is 6.07. The number of fused-ring (bicyclic) bond motifs is 1. The van der Waals surface area contributed by atoms with E-state index in [1.165, 1.54) is 16.6 Å². The van der Waals surface area contributed by atoms with Gasteiger partial charge in [0.2, 0.25) is 0 Å². The maximum Gasteiger partial charge on any atom is 0.332 e. The molecule has 0 radical (unpaired) electrons. The number of anilines is 2. The fraction of sp³-hybridized carbons (Fsp3) is 0.156. The third kappa shape index (κ3) is 5.75. The van der Waals surface area contributed by atoms with Crippen molar-refractivity contribution < 1.29 is 19.1 Å². The van der Waals surface area contributed by atoms with Crippen LogP contribution in [0.25, 0.3) is 11.0 Å². The van der Waals surface area contributed by atoms with Crippen molar-refractivity contribution in [1.29, 1.82) is 0 Å². The molecular formula is C32H31N5O4. The van der Waals surface area contributed by atoms with E-state index in [4.69, 9.17) is 15.2 Å². The van der Waals surface area contributed by atoms with Gasteiger partial charge < -0.3 is 25.4 Å². The first-order valence-corrected chi connectivity index (χ1v) is 13.1. The number of methoxy groups -OCH3 is 1. The summed E-state index contributed by atoms with van der Waals surface area (Å²) in [5, 5.41) is 2.86. The zero-order chi connectivity index (χ0) is 28.9. The van der Waals surface area contributed by atoms with Crippen LogP contribution in [-0.4, -0.2) is 35.6 Å². The molecule has 2 amide bonds. The number of hydrogen-bond acceptors (Lipinski definition) is 6. The van der Waals surface area contributed by atoms with Crippen LogP contribution in [0.15, 0.2) is 91.0 Å². The topological polar surface area (TPSA) is 112 Å². The molecule has 0 unspecified atom stereocenters. The van der Waals surface area contributed by atoms with Gasteiger partial charge in [0.25, 0.3) is 5.91 Å². The number of nitrogens with two attached hydrogens (primary N) is 1. The number of aromatic nitrogens is 2. The van der Waals surface area contributed by atoms with Crippen LogP contribution in [0.4, 0.5) is 16.2 Å². The lowest BCUT2D eigenvalue weighted by atomic mass is 10.1. The normalized spacial score (nSPS) is 10.8. The average Bonchev–Trinajstić information content (AvgIpc) is 3.39. The second-order valence-corrected chi connectivity index (χ2v) is 9.51. The van der Waals surface area contributed by atoms with Crippen molar-refractivity contribution in [3.63, 3.8) is 0 Å². The molecule has 0 aliphatic heterocycles. The summed E-state index contributed by atoms with van der Waals surface area (Å²) in [7, 11) is 3.18. The molecule has 0 atom stereocenters. The molecule has 9 nitrogen and oxygen atoms in total. The van der Waals surface area contributed by atoms with Gasteiger partial charge in [-0.2, -0.15) is 0 Å². The third-order valence-electron chi connectivity index (χ3n) is 6.72. The van der Waals surface area contributed by atoms with Crippen LogP contribution in [0.3, 0.4) is 0 Å². The Hall–Kier alpha value is -5.15. The SMILES string of the molecule is COc1cc(C(=O)N(C)c2ccc(C)cc2OCc2ccccc2)ccc1NC(=O)n1c(CN)nc2ccccc21. The van der Waals surface area contributed by atoms with E-state index < -0.39 is 6.03 Å². The Kier molecular flexibility index (Phi) is 7.98. The summed E-state index contributed by atoms with van der Waals surface area (Å²) in [5.41, 5.74) is 10.6. The Morgan fingerprint density at radius 1 is 0.951 bits per heavy atom. The summed E-state index contributed by atoms with van der Waals surface area (Å²) < 4.78 is 13.1. The van der Waals surface area contributed by atoms with Gasteiger partial charge in [-0.1, -0.05) is 48.5 Å². The van der Waals surface area contributed by atoms with Crippen LogP contribution in [0.5, 0.6) is 11.5 Å².